The van der Waals surface area contributed by atoms with E-state index in [1.54, 1.807) is 32.4 Å². The summed E-state index contributed by atoms with van der Waals surface area (Å²) in [5.74, 6) is 1.38. The smallest absolute Gasteiger partial charge is 0.277 e. The number of rotatable bonds is 7. The quantitative estimate of drug-likeness (QED) is 0.406. The van der Waals surface area contributed by atoms with E-state index in [0.29, 0.717) is 22.8 Å². The summed E-state index contributed by atoms with van der Waals surface area (Å²) in [4.78, 5) is 11.9. The lowest BCUT2D eigenvalue weighted by atomic mass is 10.2. The fraction of sp³-hybridized carbons (Fsp3) is 0.176. The van der Waals surface area contributed by atoms with E-state index >= 15 is 0 Å². The zero-order valence-corrected chi connectivity index (χ0v) is 18.6. The average molecular weight is 551 g/mol. The molecule has 0 aromatic heterocycles. The first-order valence-corrected chi connectivity index (χ1v) is 9.63. The van der Waals surface area contributed by atoms with Crippen molar-refractivity contribution in [2.75, 3.05) is 20.8 Å². The Bertz CT molecular complexity index is 828. The van der Waals surface area contributed by atoms with Gasteiger partial charge in [0, 0.05) is 16.1 Å². The van der Waals surface area contributed by atoms with E-state index in [9.17, 15) is 4.79 Å². The van der Waals surface area contributed by atoms with Crippen LogP contribution in [0.5, 0.6) is 17.2 Å². The predicted octanol–water partition coefficient (Wildman–Crippen LogP) is 4.52. The molecule has 0 fully saturated rings. The van der Waals surface area contributed by atoms with Gasteiger partial charge in [-0.15, -0.1) is 0 Å². The van der Waals surface area contributed by atoms with Crippen LogP contribution in [0, 0.1) is 0 Å². The van der Waals surface area contributed by atoms with Gasteiger partial charge in [0.05, 0.1) is 29.4 Å². The standard InChI is InChI=1S/C17H15Br3N2O4/c1-24-15-7-16(25-2)12(19)5-10(15)8-21-22-17(23)9-26-14-4-3-11(18)6-13(14)20/h3-8H,9H2,1-2H3,(H,22,23)/b21-8+. The van der Waals surface area contributed by atoms with Gasteiger partial charge in [0.2, 0.25) is 0 Å². The summed E-state index contributed by atoms with van der Waals surface area (Å²) >= 11 is 10.1. The molecule has 1 N–H and O–H groups in total. The molecule has 0 heterocycles. The Hall–Kier alpha value is -1.58. The minimum Gasteiger partial charge on any atom is -0.496 e. The number of ether oxygens (including phenoxy) is 3. The van der Waals surface area contributed by atoms with Crippen molar-refractivity contribution in [1.82, 2.24) is 5.43 Å². The van der Waals surface area contributed by atoms with Gasteiger partial charge in [-0.1, -0.05) is 15.9 Å². The van der Waals surface area contributed by atoms with E-state index < -0.39 is 0 Å². The SMILES string of the molecule is COc1cc(OC)c(/C=N/NC(=O)COc2ccc(Br)cc2Br)cc1Br. The van der Waals surface area contributed by atoms with Crippen molar-refractivity contribution in [2.24, 2.45) is 5.10 Å². The number of hydrogen-bond acceptors (Lipinski definition) is 5. The molecule has 26 heavy (non-hydrogen) atoms. The summed E-state index contributed by atoms with van der Waals surface area (Å²) in [6.45, 7) is -0.166. The van der Waals surface area contributed by atoms with Crippen molar-refractivity contribution in [1.29, 1.82) is 0 Å². The van der Waals surface area contributed by atoms with Crippen molar-refractivity contribution >= 4 is 59.9 Å². The van der Waals surface area contributed by atoms with Crippen LogP contribution < -0.4 is 19.6 Å². The maximum absolute atomic E-state index is 11.9. The van der Waals surface area contributed by atoms with E-state index in [1.165, 1.54) is 6.21 Å². The third kappa shape index (κ3) is 5.72. The molecule has 0 aliphatic rings. The van der Waals surface area contributed by atoms with Crippen LogP contribution in [-0.2, 0) is 4.79 Å². The van der Waals surface area contributed by atoms with E-state index in [0.717, 1.165) is 13.4 Å². The molecule has 2 rings (SSSR count). The van der Waals surface area contributed by atoms with Gasteiger partial charge in [-0.2, -0.15) is 5.10 Å². The molecule has 9 heteroatoms. The molecule has 0 saturated heterocycles. The number of nitrogens with zero attached hydrogens (tertiary/aromatic N) is 1. The predicted molar refractivity (Wildman–Crippen MR) is 110 cm³/mol. The number of amides is 1. The molecule has 0 spiro atoms. The Morgan fingerprint density at radius 1 is 1.04 bits per heavy atom. The highest BCUT2D eigenvalue weighted by Gasteiger charge is 2.09. The van der Waals surface area contributed by atoms with Crippen LogP contribution in [0.1, 0.15) is 5.56 Å². The molecule has 138 valence electrons. The van der Waals surface area contributed by atoms with Crippen molar-refractivity contribution in [3.05, 3.63) is 49.3 Å². The first-order chi connectivity index (χ1) is 12.4. The van der Waals surface area contributed by atoms with Crippen molar-refractivity contribution < 1.29 is 19.0 Å². The zero-order chi connectivity index (χ0) is 19.1. The third-order valence-corrected chi connectivity index (χ3v) is 4.88. The van der Waals surface area contributed by atoms with Crippen LogP contribution in [0.25, 0.3) is 0 Å². The molecule has 0 aliphatic carbocycles. The monoisotopic (exact) mass is 548 g/mol. The minimum absolute atomic E-state index is 0.166. The van der Waals surface area contributed by atoms with E-state index in [4.69, 9.17) is 14.2 Å². The maximum atomic E-state index is 11.9. The molecule has 1 amide bonds. The maximum Gasteiger partial charge on any atom is 0.277 e. The van der Waals surface area contributed by atoms with Crippen LogP contribution in [0.4, 0.5) is 0 Å². The van der Waals surface area contributed by atoms with E-state index in [1.807, 2.05) is 12.1 Å². The van der Waals surface area contributed by atoms with E-state index in [-0.39, 0.29) is 12.5 Å². The number of nitrogens with one attached hydrogen (secondary N) is 1. The summed E-state index contributed by atoms with van der Waals surface area (Å²) < 4.78 is 18.4. The molecule has 2 aromatic rings. The number of halogens is 3. The molecule has 0 saturated carbocycles. The fourth-order valence-electron chi connectivity index (χ4n) is 1.93. The second kappa shape index (κ2) is 9.94. The van der Waals surface area contributed by atoms with Crippen LogP contribution >= 0.6 is 47.8 Å². The Morgan fingerprint density at radius 3 is 2.38 bits per heavy atom. The van der Waals surface area contributed by atoms with Crippen LogP contribution in [-0.4, -0.2) is 32.9 Å². The lowest BCUT2D eigenvalue weighted by molar-refractivity contribution is -0.123. The lowest BCUT2D eigenvalue weighted by Crippen LogP contribution is -2.24. The summed E-state index contributed by atoms with van der Waals surface area (Å²) in [6.07, 6.45) is 1.48. The van der Waals surface area contributed by atoms with E-state index in [2.05, 4.69) is 58.3 Å². The molecular formula is C17H15Br3N2O4. The second-order valence-corrected chi connectivity index (χ2v) is 7.51. The van der Waals surface area contributed by atoms with Crippen molar-refractivity contribution in [2.45, 2.75) is 0 Å². The molecule has 0 atom stereocenters. The van der Waals surface area contributed by atoms with Gasteiger partial charge in [0.25, 0.3) is 5.91 Å². The average Bonchev–Trinajstić information content (AvgIpc) is 2.61. The third-order valence-electron chi connectivity index (χ3n) is 3.15. The van der Waals surface area contributed by atoms with Gasteiger partial charge in [0.15, 0.2) is 6.61 Å². The zero-order valence-electron chi connectivity index (χ0n) is 13.9. The van der Waals surface area contributed by atoms with Gasteiger partial charge in [-0.25, -0.2) is 5.43 Å². The molecule has 0 bridgehead atoms. The number of carbonyl (C=O) groups excluding carboxylic acids is 1. The van der Waals surface area contributed by atoms with Crippen LogP contribution in [0.2, 0.25) is 0 Å². The van der Waals surface area contributed by atoms with Gasteiger partial charge >= 0.3 is 0 Å². The Labute approximate surface area is 176 Å². The van der Waals surface area contributed by atoms with Crippen molar-refractivity contribution in [3.63, 3.8) is 0 Å². The van der Waals surface area contributed by atoms with Crippen LogP contribution in [0.3, 0.4) is 0 Å². The summed E-state index contributed by atoms with van der Waals surface area (Å²) in [5, 5.41) is 3.93. The summed E-state index contributed by atoms with van der Waals surface area (Å²) in [7, 11) is 3.11. The highest BCUT2D eigenvalue weighted by Crippen LogP contribution is 2.32. The van der Waals surface area contributed by atoms with Crippen LogP contribution in [0.15, 0.2) is 48.9 Å². The summed E-state index contributed by atoms with van der Waals surface area (Å²) in [6, 6.07) is 8.91. The molecule has 2 aromatic carbocycles. The largest absolute Gasteiger partial charge is 0.496 e. The highest BCUT2D eigenvalue weighted by molar-refractivity contribution is 9.11. The lowest BCUT2D eigenvalue weighted by Gasteiger charge is -2.09. The normalized spacial score (nSPS) is 10.7. The first-order valence-electron chi connectivity index (χ1n) is 7.26. The Kier molecular flexibility index (Phi) is 7.92. The molecule has 0 unspecified atom stereocenters. The first kappa shape index (κ1) is 20.7. The number of carbonyl (C=O) groups is 1. The van der Waals surface area contributed by atoms with Gasteiger partial charge in [-0.3, -0.25) is 4.79 Å². The minimum atomic E-state index is -0.386. The summed E-state index contributed by atoms with van der Waals surface area (Å²) in [5.41, 5.74) is 3.09. The Morgan fingerprint density at radius 2 is 1.73 bits per heavy atom. The topological polar surface area (TPSA) is 69.2 Å². The molecule has 6 nitrogen and oxygen atoms in total. The highest BCUT2D eigenvalue weighted by atomic mass is 79.9. The number of hydrogen-bond donors (Lipinski definition) is 1. The Balaban J connectivity index is 1.95. The van der Waals surface area contributed by atoms with Gasteiger partial charge in [-0.05, 0) is 56.1 Å². The number of benzene rings is 2. The van der Waals surface area contributed by atoms with Crippen molar-refractivity contribution in [3.8, 4) is 17.2 Å². The van der Waals surface area contributed by atoms with Gasteiger partial charge < -0.3 is 14.2 Å². The molecule has 0 radical (unpaired) electrons. The number of methoxy groups -OCH3 is 2. The fourth-order valence-corrected chi connectivity index (χ4v) is 3.61. The molecule has 0 aliphatic heterocycles. The van der Waals surface area contributed by atoms with Gasteiger partial charge in [0.1, 0.15) is 17.2 Å². The number of hydrazone groups is 1. The molecular weight excluding hydrogens is 536 g/mol. The second-order valence-electron chi connectivity index (χ2n) is 4.89.